The number of aryl methyl sites for hydroxylation is 1. The second kappa shape index (κ2) is 9.78. The molecule has 0 aliphatic carbocycles. The van der Waals surface area contributed by atoms with Crippen LogP contribution >= 0.6 is 0 Å². The number of anilines is 2. The Morgan fingerprint density at radius 1 is 1.07 bits per heavy atom. The number of amides is 3. The molecule has 0 radical (unpaired) electrons. The Morgan fingerprint density at radius 3 is 2.40 bits per heavy atom. The summed E-state index contributed by atoms with van der Waals surface area (Å²) in [6.45, 7) is 2.35. The van der Waals surface area contributed by atoms with Crippen molar-refractivity contribution in [3.05, 3.63) is 54.1 Å². The molecule has 2 aromatic rings. The molecule has 1 fully saturated rings. The molecule has 3 N–H and O–H groups in total. The zero-order valence-corrected chi connectivity index (χ0v) is 17.1. The SMILES string of the molecule is CCc1ccc(N2CC(C(=O)NNC(=O)CNc3ccc(OC)cc3)CC2=O)cc1. The summed E-state index contributed by atoms with van der Waals surface area (Å²) in [5, 5.41) is 2.95. The Hall–Kier alpha value is -3.55. The van der Waals surface area contributed by atoms with E-state index in [4.69, 9.17) is 4.74 Å². The van der Waals surface area contributed by atoms with Crippen LogP contribution in [0, 0.1) is 5.92 Å². The number of benzene rings is 2. The fraction of sp³-hybridized carbons (Fsp3) is 0.318. The first-order valence-corrected chi connectivity index (χ1v) is 9.86. The third kappa shape index (κ3) is 5.28. The van der Waals surface area contributed by atoms with Crippen LogP contribution in [0.15, 0.2) is 48.5 Å². The number of rotatable bonds is 7. The van der Waals surface area contributed by atoms with Gasteiger partial charge in [0.1, 0.15) is 5.75 Å². The van der Waals surface area contributed by atoms with Gasteiger partial charge in [-0.3, -0.25) is 25.2 Å². The second-order valence-electron chi connectivity index (χ2n) is 7.04. The highest BCUT2D eigenvalue weighted by atomic mass is 16.5. The normalized spacial score (nSPS) is 15.6. The van der Waals surface area contributed by atoms with E-state index in [1.807, 2.05) is 24.3 Å². The Bertz CT molecular complexity index is 896. The van der Waals surface area contributed by atoms with Gasteiger partial charge < -0.3 is 15.0 Å². The summed E-state index contributed by atoms with van der Waals surface area (Å²) < 4.78 is 5.08. The lowest BCUT2D eigenvalue weighted by molar-refractivity contribution is -0.130. The average Bonchev–Trinajstić information content (AvgIpc) is 3.18. The number of carbonyl (C=O) groups is 3. The third-order valence-corrected chi connectivity index (χ3v) is 5.02. The first kappa shape index (κ1) is 21.2. The number of hydrogen-bond donors (Lipinski definition) is 3. The van der Waals surface area contributed by atoms with Gasteiger partial charge in [-0.25, -0.2) is 0 Å². The summed E-state index contributed by atoms with van der Waals surface area (Å²) in [5.74, 6) is -0.673. The number of hydrogen-bond acceptors (Lipinski definition) is 5. The molecule has 3 amide bonds. The van der Waals surface area contributed by atoms with E-state index in [9.17, 15) is 14.4 Å². The molecule has 3 rings (SSSR count). The van der Waals surface area contributed by atoms with E-state index in [1.165, 1.54) is 5.56 Å². The Kier molecular flexibility index (Phi) is 6.90. The van der Waals surface area contributed by atoms with Gasteiger partial charge in [0.15, 0.2) is 0 Å². The third-order valence-electron chi connectivity index (χ3n) is 5.02. The van der Waals surface area contributed by atoms with Crippen molar-refractivity contribution in [3.8, 4) is 5.75 Å². The molecule has 2 aromatic carbocycles. The van der Waals surface area contributed by atoms with Crippen molar-refractivity contribution >= 4 is 29.1 Å². The van der Waals surface area contributed by atoms with Crippen molar-refractivity contribution in [1.29, 1.82) is 0 Å². The Labute approximate surface area is 175 Å². The molecule has 1 heterocycles. The van der Waals surface area contributed by atoms with Gasteiger partial charge in [-0.15, -0.1) is 0 Å². The summed E-state index contributed by atoms with van der Waals surface area (Å²) in [6, 6.07) is 14.9. The zero-order chi connectivity index (χ0) is 21.5. The summed E-state index contributed by atoms with van der Waals surface area (Å²) in [6.07, 6.45) is 1.04. The molecule has 8 heteroatoms. The largest absolute Gasteiger partial charge is 0.497 e. The molecule has 1 aliphatic heterocycles. The highest BCUT2D eigenvalue weighted by molar-refractivity contribution is 6.00. The van der Waals surface area contributed by atoms with Crippen LogP contribution in [-0.2, 0) is 20.8 Å². The number of hydrazine groups is 1. The highest BCUT2D eigenvalue weighted by Gasteiger charge is 2.35. The number of ether oxygens (including phenoxy) is 1. The maximum atomic E-state index is 12.4. The van der Waals surface area contributed by atoms with Crippen molar-refractivity contribution in [3.63, 3.8) is 0 Å². The van der Waals surface area contributed by atoms with Crippen molar-refractivity contribution in [2.45, 2.75) is 19.8 Å². The van der Waals surface area contributed by atoms with Crippen molar-refractivity contribution in [1.82, 2.24) is 10.9 Å². The fourth-order valence-corrected chi connectivity index (χ4v) is 3.21. The number of methoxy groups -OCH3 is 1. The number of carbonyl (C=O) groups excluding carboxylic acids is 3. The van der Waals surface area contributed by atoms with Crippen LogP contribution in [0.3, 0.4) is 0 Å². The standard InChI is InChI=1S/C22H26N4O4/c1-3-15-4-8-18(9-5-15)26-14-16(12-21(26)28)22(29)25-24-20(27)13-23-17-6-10-19(30-2)11-7-17/h4-11,16,23H,3,12-14H2,1-2H3,(H,24,27)(H,25,29). The van der Waals surface area contributed by atoms with E-state index in [0.29, 0.717) is 0 Å². The minimum Gasteiger partial charge on any atom is -0.497 e. The van der Waals surface area contributed by atoms with E-state index in [0.717, 1.165) is 23.5 Å². The van der Waals surface area contributed by atoms with Gasteiger partial charge in [0.05, 0.1) is 19.6 Å². The minimum absolute atomic E-state index is 0.00783. The molecular weight excluding hydrogens is 384 g/mol. The van der Waals surface area contributed by atoms with E-state index in [1.54, 1.807) is 36.3 Å². The molecule has 1 aliphatic rings. The van der Waals surface area contributed by atoms with Crippen LogP contribution in [0.2, 0.25) is 0 Å². The summed E-state index contributed by atoms with van der Waals surface area (Å²) in [5.41, 5.74) is 7.51. The second-order valence-corrected chi connectivity index (χ2v) is 7.04. The molecule has 1 atom stereocenters. The average molecular weight is 410 g/mol. The van der Waals surface area contributed by atoms with Crippen molar-refractivity contribution < 1.29 is 19.1 Å². The zero-order valence-electron chi connectivity index (χ0n) is 17.1. The number of nitrogens with zero attached hydrogens (tertiary/aromatic N) is 1. The lowest BCUT2D eigenvalue weighted by Crippen LogP contribution is -2.47. The minimum atomic E-state index is -0.516. The lowest BCUT2D eigenvalue weighted by atomic mass is 10.1. The van der Waals surface area contributed by atoms with Crippen LogP contribution in [0.4, 0.5) is 11.4 Å². The van der Waals surface area contributed by atoms with Crippen LogP contribution < -0.4 is 25.8 Å². The van der Waals surface area contributed by atoms with Gasteiger partial charge >= 0.3 is 0 Å². The van der Waals surface area contributed by atoms with Crippen LogP contribution in [0.1, 0.15) is 18.9 Å². The Balaban J connectivity index is 1.45. The monoisotopic (exact) mass is 410 g/mol. The fourth-order valence-electron chi connectivity index (χ4n) is 3.21. The van der Waals surface area contributed by atoms with E-state index >= 15 is 0 Å². The first-order chi connectivity index (χ1) is 14.5. The molecule has 158 valence electrons. The molecule has 0 saturated carbocycles. The summed E-state index contributed by atoms with van der Waals surface area (Å²) in [4.78, 5) is 38.3. The maximum absolute atomic E-state index is 12.4. The molecule has 1 saturated heterocycles. The highest BCUT2D eigenvalue weighted by Crippen LogP contribution is 2.25. The maximum Gasteiger partial charge on any atom is 0.257 e. The molecule has 0 bridgehead atoms. The van der Waals surface area contributed by atoms with Gasteiger partial charge in [0.25, 0.3) is 5.91 Å². The van der Waals surface area contributed by atoms with Crippen molar-refractivity contribution in [2.24, 2.45) is 5.92 Å². The number of nitrogens with one attached hydrogen (secondary N) is 3. The molecule has 0 spiro atoms. The van der Waals surface area contributed by atoms with E-state index in [-0.39, 0.29) is 31.3 Å². The summed E-state index contributed by atoms with van der Waals surface area (Å²) in [7, 11) is 1.58. The van der Waals surface area contributed by atoms with Crippen molar-refractivity contribution in [2.75, 3.05) is 30.4 Å². The Morgan fingerprint density at radius 2 is 1.77 bits per heavy atom. The van der Waals surface area contributed by atoms with Gasteiger partial charge in [-0.05, 0) is 48.4 Å². The van der Waals surface area contributed by atoms with E-state index in [2.05, 4.69) is 23.1 Å². The quantitative estimate of drug-likeness (QED) is 0.605. The van der Waals surface area contributed by atoms with Crippen LogP contribution in [0.5, 0.6) is 5.75 Å². The molecule has 8 nitrogen and oxygen atoms in total. The lowest BCUT2D eigenvalue weighted by Gasteiger charge is -2.17. The van der Waals surface area contributed by atoms with Crippen LogP contribution in [-0.4, -0.2) is 37.9 Å². The van der Waals surface area contributed by atoms with E-state index < -0.39 is 11.8 Å². The molecular formula is C22H26N4O4. The predicted molar refractivity (Wildman–Crippen MR) is 114 cm³/mol. The molecule has 0 aromatic heterocycles. The van der Waals surface area contributed by atoms with Gasteiger partial charge in [-0.2, -0.15) is 0 Å². The topological polar surface area (TPSA) is 99.8 Å². The smallest absolute Gasteiger partial charge is 0.257 e. The van der Waals surface area contributed by atoms with Crippen LogP contribution in [0.25, 0.3) is 0 Å². The van der Waals surface area contributed by atoms with Gasteiger partial charge in [0, 0.05) is 24.3 Å². The van der Waals surface area contributed by atoms with Gasteiger partial charge in [-0.1, -0.05) is 19.1 Å². The predicted octanol–water partition coefficient (Wildman–Crippen LogP) is 1.87. The first-order valence-electron chi connectivity index (χ1n) is 9.86. The summed E-state index contributed by atoms with van der Waals surface area (Å²) >= 11 is 0. The molecule has 1 unspecified atom stereocenters. The molecule has 30 heavy (non-hydrogen) atoms. The van der Waals surface area contributed by atoms with Gasteiger partial charge in [0.2, 0.25) is 11.8 Å².